The van der Waals surface area contributed by atoms with Crippen LogP contribution in [0, 0.1) is 20.8 Å². The molecule has 5 heteroatoms. The van der Waals surface area contributed by atoms with E-state index >= 15 is 0 Å². The summed E-state index contributed by atoms with van der Waals surface area (Å²) in [6.07, 6.45) is 4.82. The Balaban J connectivity index is 1.13. The summed E-state index contributed by atoms with van der Waals surface area (Å²) in [7, 11) is 0. The molecule has 358 valence electrons. The van der Waals surface area contributed by atoms with Gasteiger partial charge in [-0.3, -0.25) is 0 Å². The molecule has 3 aliphatic heterocycles. The molecule has 0 radical (unpaired) electrons. The molecule has 9 aromatic rings. The third kappa shape index (κ3) is 6.37. The largest absolute Gasteiger partial charge is 0.454 e. The molecular weight excluding hydrogens is 874 g/mol. The van der Waals surface area contributed by atoms with E-state index in [1.807, 2.05) is 0 Å². The van der Waals surface area contributed by atoms with Crippen LogP contribution in [0.2, 0.25) is 0 Å². The van der Waals surface area contributed by atoms with Crippen LogP contribution in [0.4, 0.5) is 45.5 Å². The lowest BCUT2D eigenvalue weighted by atomic mass is 9.33. The van der Waals surface area contributed by atoms with Gasteiger partial charge in [0.25, 0.3) is 6.71 Å². The number of nitrogens with zero attached hydrogens (tertiary/aromatic N) is 3. The highest BCUT2D eigenvalue weighted by molar-refractivity contribution is 7.00. The summed E-state index contributed by atoms with van der Waals surface area (Å²) < 4.78 is 7.04. The molecular formula is C67H66BN3O. The van der Waals surface area contributed by atoms with Gasteiger partial charge in [-0.2, -0.15) is 0 Å². The van der Waals surface area contributed by atoms with Gasteiger partial charge in [0.2, 0.25) is 0 Å². The maximum Gasteiger partial charge on any atom is 0.252 e. The molecule has 1 fully saturated rings. The van der Waals surface area contributed by atoms with Crippen molar-refractivity contribution in [3.63, 3.8) is 0 Å². The van der Waals surface area contributed by atoms with Gasteiger partial charge >= 0.3 is 0 Å². The zero-order valence-corrected chi connectivity index (χ0v) is 44.1. The molecule has 0 bridgehead atoms. The average molecular weight is 940 g/mol. The van der Waals surface area contributed by atoms with E-state index in [4.69, 9.17) is 4.42 Å². The smallest absolute Gasteiger partial charge is 0.252 e. The molecule has 1 aliphatic carbocycles. The lowest BCUT2D eigenvalue weighted by molar-refractivity contribution is 0.194. The maximum absolute atomic E-state index is 7.04. The van der Waals surface area contributed by atoms with Crippen molar-refractivity contribution in [1.82, 2.24) is 0 Å². The molecule has 0 saturated heterocycles. The number of hydrogen-bond donors (Lipinski definition) is 0. The Labute approximate surface area is 427 Å². The van der Waals surface area contributed by atoms with Crippen molar-refractivity contribution in [2.45, 2.75) is 124 Å². The number of furan rings is 1. The molecule has 2 atom stereocenters. The summed E-state index contributed by atoms with van der Waals surface area (Å²) in [5.41, 5.74) is 25.8. The van der Waals surface area contributed by atoms with Gasteiger partial charge in [-0.25, -0.2) is 0 Å². The van der Waals surface area contributed by atoms with Crippen LogP contribution in [0.25, 0.3) is 33.1 Å². The summed E-state index contributed by atoms with van der Waals surface area (Å²) >= 11 is 0. The minimum absolute atomic E-state index is 0.0191. The van der Waals surface area contributed by atoms with Crippen LogP contribution in [-0.4, -0.2) is 12.3 Å². The second kappa shape index (κ2) is 15.5. The summed E-state index contributed by atoms with van der Waals surface area (Å²) in [4.78, 5) is 7.97. The number of hydrogen-bond acceptors (Lipinski definition) is 4. The van der Waals surface area contributed by atoms with E-state index in [0.717, 1.165) is 34.0 Å². The predicted octanol–water partition coefficient (Wildman–Crippen LogP) is 16.6. The highest BCUT2D eigenvalue weighted by Gasteiger charge is 2.58. The minimum Gasteiger partial charge on any atom is -0.454 e. The topological polar surface area (TPSA) is 22.9 Å². The van der Waals surface area contributed by atoms with Gasteiger partial charge in [0, 0.05) is 55.9 Å². The summed E-state index contributed by atoms with van der Waals surface area (Å²) in [6, 6.07) is 58.2. The number of rotatable bonds is 4. The van der Waals surface area contributed by atoms with Gasteiger partial charge in [0.05, 0.1) is 16.9 Å². The van der Waals surface area contributed by atoms with Crippen molar-refractivity contribution in [3.05, 3.63) is 185 Å². The first-order valence-electron chi connectivity index (χ1n) is 26.5. The van der Waals surface area contributed by atoms with Gasteiger partial charge in [-0.05, 0) is 167 Å². The van der Waals surface area contributed by atoms with Gasteiger partial charge in [0.1, 0.15) is 5.58 Å². The normalized spacial score (nSPS) is 19.1. The molecule has 0 amide bonds. The molecule has 8 aromatic carbocycles. The molecule has 72 heavy (non-hydrogen) atoms. The van der Waals surface area contributed by atoms with Gasteiger partial charge < -0.3 is 19.1 Å². The molecule has 1 aromatic heterocycles. The van der Waals surface area contributed by atoms with E-state index in [9.17, 15) is 0 Å². The second-order valence-corrected chi connectivity index (χ2v) is 24.3. The SMILES string of the molecule is Cc1cc2c3c(c1)N(c1cccc4c1oc1ccccc14)c1cc(N4c5cc(C)cc(C)c5C5(C)CCCCC45C)ccc1B3c1cc(C(C)(C)C)ccc1N2c1ccc(C(C)(C)C)cc1-c1ccccc1. The Hall–Kier alpha value is -6.98. The van der Waals surface area contributed by atoms with Crippen molar-refractivity contribution < 1.29 is 4.42 Å². The van der Waals surface area contributed by atoms with Crippen LogP contribution in [0.3, 0.4) is 0 Å². The van der Waals surface area contributed by atoms with Crippen molar-refractivity contribution >= 4 is 90.5 Å². The van der Waals surface area contributed by atoms with Crippen LogP contribution in [-0.2, 0) is 16.2 Å². The van der Waals surface area contributed by atoms with E-state index < -0.39 is 0 Å². The van der Waals surface area contributed by atoms with Crippen LogP contribution in [0.5, 0.6) is 0 Å². The van der Waals surface area contributed by atoms with Crippen LogP contribution in [0.15, 0.2) is 156 Å². The fourth-order valence-corrected chi connectivity index (χ4v) is 14.0. The van der Waals surface area contributed by atoms with Crippen LogP contribution >= 0.6 is 0 Å². The first kappa shape index (κ1) is 44.9. The Morgan fingerprint density at radius 3 is 1.90 bits per heavy atom. The Kier molecular flexibility index (Phi) is 9.68. The summed E-state index contributed by atoms with van der Waals surface area (Å²) in [5, 5.41) is 2.26. The quantitative estimate of drug-likeness (QED) is 0.164. The first-order valence-corrected chi connectivity index (χ1v) is 26.5. The first-order chi connectivity index (χ1) is 34.4. The van der Waals surface area contributed by atoms with Gasteiger partial charge in [-0.1, -0.05) is 152 Å². The Morgan fingerprint density at radius 2 is 1.15 bits per heavy atom. The number of fused-ring (bicyclic) bond motifs is 10. The molecule has 2 unspecified atom stereocenters. The van der Waals surface area contributed by atoms with Crippen LogP contribution in [0.1, 0.15) is 114 Å². The Morgan fingerprint density at radius 1 is 0.514 bits per heavy atom. The number of para-hydroxylation sites is 2. The molecule has 1 saturated carbocycles. The molecule has 4 nitrogen and oxygen atoms in total. The van der Waals surface area contributed by atoms with Crippen molar-refractivity contribution in [3.8, 4) is 11.1 Å². The average Bonchev–Trinajstić information content (AvgIpc) is 3.83. The van der Waals surface area contributed by atoms with E-state index in [0.29, 0.717) is 0 Å². The monoisotopic (exact) mass is 940 g/mol. The predicted molar refractivity (Wildman–Crippen MR) is 308 cm³/mol. The number of benzene rings is 8. The van der Waals surface area contributed by atoms with Gasteiger partial charge in [-0.15, -0.1) is 0 Å². The fraction of sp³-hybridized carbons (Fsp3) is 0.284. The number of anilines is 8. The highest BCUT2D eigenvalue weighted by atomic mass is 16.3. The maximum atomic E-state index is 7.04. The Bertz CT molecular complexity index is 3720. The standard InChI is InChI=1S/C67H66BN3O/c1-41-34-43(3)61-57(35-41)71(67(11)33-18-17-32-66(61,67)10)47-28-29-51-56(40-47)70(55-24-19-23-49-48-22-15-16-25-60(48)72-63(49)55)59-37-42(2)36-58-62(59)68(51)52-39-46(65(7,8)9)27-31-54(52)69(58)53-30-26-45(64(4,5)6)38-50(53)44-20-13-12-14-21-44/h12-16,19-31,34-40H,17-18,32-33H2,1-11H3. The van der Waals surface area contributed by atoms with E-state index in [1.54, 1.807) is 0 Å². The molecule has 13 rings (SSSR count). The molecule has 4 aliphatic rings. The molecule has 0 spiro atoms. The van der Waals surface area contributed by atoms with E-state index in [2.05, 4.69) is 243 Å². The molecule has 4 heterocycles. The van der Waals surface area contributed by atoms with E-state index in [1.165, 1.54) is 120 Å². The lowest BCUT2D eigenvalue weighted by Crippen LogP contribution is -2.61. The zero-order chi connectivity index (χ0) is 49.8. The summed E-state index contributed by atoms with van der Waals surface area (Å²) in [6.45, 7) is 26.0. The molecule has 0 N–H and O–H groups in total. The lowest BCUT2D eigenvalue weighted by Gasteiger charge is -2.51. The third-order valence-corrected chi connectivity index (χ3v) is 17.7. The van der Waals surface area contributed by atoms with Crippen LogP contribution < -0.4 is 31.1 Å². The van der Waals surface area contributed by atoms with Gasteiger partial charge in [0.15, 0.2) is 5.58 Å². The second-order valence-electron chi connectivity index (χ2n) is 24.3. The summed E-state index contributed by atoms with van der Waals surface area (Å²) in [5.74, 6) is 0. The highest BCUT2D eigenvalue weighted by Crippen LogP contribution is 2.62. The zero-order valence-electron chi connectivity index (χ0n) is 44.1. The van der Waals surface area contributed by atoms with Crippen molar-refractivity contribution in [2.24, 2.45) is 0 Å². The van der Waals surface area contributed by atoms with E-state index in [-0.39, 0.29) is 28.5 Å². The number of aryl methyl sites for hydroxylation is 3. The van der Waals surface area contributed by atoms with Crippen molar-refractivity contribution in [1.29, 1.82) is 0 Å². The van der Waals surface area contributed by atoms with Crippen molar-refractivity contribution in [2.75, 3.05) is 14.7 Å². The third-order valence-electron chi connectivity index (χ3n) is 17.7. The fourth-order valence-electron chi connectivity index (χ4n) is 14.0. The minimum atomic E-state index is -0.0984.